The van der Waals surface area contributed by atoms with E-state index in [0.29, 0.717) is 16.3 Å². The van der Waals surface area contributed by atoms with Crippen molar-refractivity contribution < 1.29 is 17.9 Å². The first-order valence-corrected chi connectivity index (χ1v) is 8.77. The molecule has 2 aromatic carbocycles. The number of carbonyl (C=O) groups excluding carboxylic acids is 1. The van der Waals surface area contributed by atoms with Crippen molar-refractivity contribution in [2.24, 2.45) is 0 Å². The maximum absolute atomic E-state index is 12.7. The average molecular weight is 366 g/mol. The van der Waals surface area contributed by atoms with E-state index in [2.05, 4.69) is 4.74 Å². The number of ether oxygens (including phenoxy) is 1. The van der Waals surface area contributed by atoms with Gasteiger partial charge in [-0.25, -0.2) is 13.2 Å². The summed E-state index contributed by atoms with van der Waals surface area (Å²) in [6, 6.07) is 12.8. The fourth-order valence-corrected chi connectivity index (χ4v) is 3.34. The van der Waals surface area contributed by atoms with Crippen molar-refractivity contribution in [3.8, 4) is 0 Å². The number of benzene rings is 2. The number of hydrogen-bond acceptors (Lipinski definition) is 4. The molecule has 0 spiro atoms. The molecule has 0 aliphatic carbocycles. The summed E-state index contributed by atoms with van der Waals surface area (Å²) < 4.78 is 31.2. The summed E-state index contributed by atoms with van der Waals surface area (Å²) in [5, 5.41) is 0.527. The lowest BCUT2D eigenvalue weighted by atomic mass is 10.2. The van der Waals surface area contributed by atoms with Crippen molar-refractivity contribution in [2.45, 2.75) is 4.90 Å². The van der Waals surface area contributed by atoms with Crippen LogP contribution in [0.1, 0.15) is 5.56 Å². The van der Waals surface area contributed by atoms with Crippen molar-refractivity contribution in [3.63, 3.8) is 0 Å². The van der Waals surface area contributed by atoms with Crippen LogP contribution >= 0.6 is 11.6 Å². The molecule has 0 fully saturated rings. The molecule has 0 bridgehead atoms. The van der Waals surface area contributed by atoms with Gasteiger partial charge in [-0.05, 0) is 48.0 Å². The van der Waals surface area contributed by atoms with Crippen molar-refractivity contribution in [1.82, 2.24) is 0 Å². The molecule has 0 unspecified atom stereocenters. The minimum absolute atomic E-state index is 0.118. The van der Waals surface area contributed by atoms with E-state index in [0.717, 1.165) is 0 Å². The Balaban J connectivity index is 2.33. The molecule has 126 valence electrons. The number of sulfonamides is 1. The second kappa shape index (κ2) is 7.51. The van der Waals surface area contributed by atoms with Gasteiger partial charge in [0.15, 0.2) is 0 Å². The molecule has 0 aliphatic heterocycles. The molecule has 0 N–H and O–H groups in total. The molecular weight excluding hydrogens is 350 g/mol. The van der Waals surface area contributed by atoms with Gasteiger partial charge in [0.05, 0.1) is 17.7 Å². The molecule has 0 atom stereocenters. The van der Waals surface area contributed by atoms with Gasteiger partial charge in [0, 0.05) is 18.1 Å². The second-order valence-electron chi connectivity index (χ2n) is 4.88. The number of rotatable bonds is 5. The van der Waals surface area contributed by atoms with Gasteiger partial charge >= 0.3 is 5.97 Å². The number of anilines is 1. The largest absolute Gasteiger partial charge is 0.466 e. The van der Waals surface area contributed by atoms with Gasteiger partial charge in [-0.15, -0.1) is 0 Å². The Bertz CT molecular complexity index is 860. The minimum atomic E-state index is -3.73. The maximum Gasteiger partial charge on any atom is 0.330 e. The third-order valence-electron chi connectivity index (χ3n) is 3.32. The van der Waals surface area contributed by atoms with Gasteiger partial charge < -0.3 is 4.74 Å². The van der Waals surface area contributed by atoms with Crippen molar-refractivity contribution in [2.75, 3.05) is 18.5 Å². The Morgan fingerprint density at radius 1 is 1.17 bits per heavy atom. The van der Waals surface area contributed by atoms with Crippen molar-refractivity contribution in [3.05, 3.63) is 65.2 Å². The topological polar surface area (TPSA) is 63.7 Å². The molecule has 24 heavy (non-hydrogen) atoms. The highest BCUT2D eigenvalue weighted by Crippen LogP contribution is 2.24. The van der Waals surface area contributed by atoms with E-state index in [1.807, 2.05) is 0 Å². The Morgan fingerprint density at radius 3 is 2.46 bits per heavy atom. The van der Waals surface area contributed by atoms with Crippen LogP contribution in [0.2, 0.25) is 5.02 Å². The molecule has 0 radical (unpaired) electrons. The predicted molar refractivity (Wildman–Crippen MR) is 94.5 cm³/mol. The zero-order valence-electron chi connectivity index (χ0n) is 13.1. The van der Waals surface area contributed by atoms with Gasteiger partial charge in [0.25, 0.3) is 10.0 Å². The Labute approximate surface area is 146 Å². The van der Waals surface area contributed by atoms with Crippen LogP contribution in [-0.4, -0.2) is 28.5 Å². The molecule has 0 aromatic heterocycles. The number of esters is 1. The summed E-state index contributed by atoms with van der Waals surface area (Å²) in [5.74, 6) is -0.512. The number of nitrogens with zero attached hydrogens (tertiary/aromatic N) is 1. The lowest BCUT2D eigenvalue weighted by Gasteiger charge is -2.19. The molecule has 0 saturated carbocycles. The first-order valence-electron chi connectivity index (χ1n) is 6.95. The van der Waals surface area contributed by atoms with Crippen molar-refractivity contribution in [1.29, 1.82) is 0 Å². The van der Waals surface area contributed by atoms with Gasteiger partial charge in [-0.1, -0.05) is 23.7 Å². The Morgan fingerprint density at radius 2 is 1.83 bits per heavy atom. The SMILES string of the molecule is COC(=O)/C=C/c1cccc(S(=O)(=O)N(C)c2ccc(Cl)cc2)c1. The molecule has 2 aromatic rings. The quantitative estimate of drug-likeness (QED) is 0.602. The number of halogens is 1. The van der Waals surface area contributed by atoms with Crippen LogP contribution in [0.4, 0.5) is 5.69 Å². The summed E-state index contributed by atoms with van der Waals surface area (Å²) in [4.78, 5) is 11.3. The highest BCUT2D eigenvalue weighted by molar-refractivity contribution is 7.92. The van der Waals surface area contributed by atoms with Crippen LogP contribution in [0.5, 0.6) is 0 Å². The molecule has 0 heterocycles. The van der Waals surface area contributed by atoms with Crippen LogP contribution in [0.25, 0.3) is 6.08 Å². The standard InChI is InChI=1S/C17H16ClNO4S/c1-19(15-9-7-14(18)8-10-15)24(21,22)16-5-3-4-13(12-16)6-11-17(20)23-2/h3-12H,1-2H3/b11-6+. The maximum atomic E-state index is 12.7. The molecular formula is C17H16ClNO4S. The Hall–Kier alpha value is -2.31. The highest BCUT2D eigenvalue weighted by Gasteiger charge is 2.21. The number of carbonyl (C=O) groups is 1. The zero-order valence-corrected chi connectivity index (χ0v) is 14.7. The Kier molecular flexibility index (Phi) is 5.64. The highest BCUT2D eigenvalue weighted by atomic mass is 35.5. The van der Waals surface area contributed by atoms with E-state index in [1.54, 1.807) is 36.4 Å². The van der Waals surface area contributed by atoms with Gasteiger partial charge in [-0.3, -0.25) is 4.31 Å². The molecule has 2 rings (SSSR count). The minimum Gasteiger partial charge on any atom is -0.466 e. The second-order valence-corrected chi connectivity index (χ2v) is 7.28. The molecule has 5 nitrogen and oxygen atoms in total. The van der Waals surface area contributed by atoms with E-state index in [-0.39, 0.29) is 4.90 Å². The summed E-state index contributed by atoms with van der Waals surface area (Å²) >= 11 is 5.83. The fourth-order valence-electron chi connectivity index (χ4n) is 1.96. The first-order chi connectivity index (χ1) is 11.3. The number of hydrogen-bond donors (Lipinski definition) is 0. The van der Waals surface area contributed by atoms with E-state index in [9.17, 15) is 13.2 Å². The van der Waals surface area contributed by atoms with Crippen molar-refractivity contribution >= 4 is 39.4 Å². The lowest BCUT2D eigenvalue weighted by Crippen LogP contribution is -2.26. The van der Waals surface area contributed by atoms with Crippen LogP contribution < -0.4 is 4.31 Å². The van der Waals surface area contributed by atoms with E-state index in [4.69, 9.17) is 11.6 Å². The van der Waals surface area contributed by atoms with Gasteiger partial charge in [-0.2, -0.15) is 0 Å². The molecule has 0 saturated heterocycles. The molecule has 0 aliphatic rings. The van der Waals surface area contributed by atoms with E-state index < -0.39 is 16.0 Å². The van der Waals surface area contributed by atoms with Gasteiger partial charge in [0.2, 0.25) is 0 Å². The number of methoxy groups -OCH3 is 1. The summed E-state index contributed by atoms with van der Waals surface area (Å²) in [7, 11) is -0.991. The molecule has 0 amide bonds. The van der Waals surface area contributed by atoms with E-state index >= 15 is 0 Å². The summed E-state index contributed by atoms with van der Waals surface area (Å²) in [6.45, 7) is 0. The molecule has 7 heteroatoms. The smallest absolute Gasteiger partial charge is 0.330 e. The monoisotopic (exact) mass is 365 g/mol. The lowest BCUT2D eigenvalue weighted by molar-refractivity contribution is -0.134. The van der Waals surface area contributed by atoms with Gasteiger partial charge in [0.1, 0.15) is 0 Å². The third kappa shape index (κ3) is 4.15. The first kappa shape index (κ1) is 18.0. The van der Waals surface area contributed by atoms with Crippen LogP contribution in [0.3, 0.4) is 0 Å². The average Bonchev–Trinajstić information content (AvgIpc) is 2.60. The third-order valence-corrected chi connectivity index (χ3v) is 5.35. The normalized spacial score (nSPS) is 11.5. The van der Waals surface area contributed by atoms with Crippen LogP contribution in [-0.2, 0) is 19.6 Å². The summed E-state index contributed by atoms with van der Waals surface area (Å²) in [6.07, 6.45) is 2.72. The van der Waals surface area contributed by atoms with E-state index in [1.165, 1.54) is 42.7 Å². The summed E-state index contributed by atoms with van der Waals surface area (Å²) in [5.41, 5.74) is 1.07. The van der Waals surface area contributed by atoms with Crippen LogP contribution in [0.15, 0.2) is 59.5 Å². The zero-order chi connectivity index (χ0) is 17.7. The predicted octanol–water partition coefficient (Wildman–Crippen LogP) is 3.35. The van der Waals surface area contributed by atoms with Crippen LogP contribution in [0, 0.1) is 0 Å². The fraction of sp³-hybridized carbons (Fsp3) is 0.118.